The Kier molecular flexibility index (Phi) is 6.74. The van der Waals surface area contributed by atoms with Gasteiger partial charge < -0.3 is 10.4 Å². The molecule has 0 saturated carbocycles. The molecule has 5 rings (SSSR count). The van der Waals surface area contributed by atoms with E-state index in [0.29, 0.717) is 41.5 Å². The predicted octanol–water partition coefficient (Wildman–Crippen LogP) is 4.36. The van der Waals surface area contributed by atoms with Crippen molar-refractivity contribution < 1.29 is 13.5 Å². The first kappa shape index (κ1) is 23.7. The highest BCUT2D eigenvalue weighted by Crippen LogP contribution is 2.48. The number of aromatic hydroxyl groups is 1. The lowest BCUT2D eigenvalue weighted by Crippen LogP contribution is -2.42. The van der Waals surface area contributed by atoms with Crippen molar-refractivity contribution in [1.29, 1.82) is 0 Å². The SMILES string of the molecule is O=S(=O)(Cc1ccccc1)N1CCC(Nc2cccc(-c3sc(-c4nnn[nH]4)c(O)c3Cl)c2)CC1. The Bertz CT molecular complexity index is 1400. The van der Waals surface area contributed by atoms with E-state index in [1.165, 1.54) is 11.3 Å². The fourth-order valence-electron chi connectivity index (χ4n) is 4.14. The third-order valence-electron chi connectivity index (χ3n) is 5.92. The number of thiophene rings is 1. The monoisotopic (exact) mass is 530 g/mol. The highest BCUT2D eigenvalue weighted by atomic mass is 35.5. The fraction of sp³-hybridized carbons (Fsp3) is 0.261. The number of H-pyrrole nitrogens is 1. The lowest BCUT2D eigenvalue weighted by Gasteiger charge is -2.32. The maximum absolute atomic E-state index is 12.8. The van der Waals surface area contributed by atoms with E-state index in [-0.39, 0.29) is 22.6 Å². The van der Waals surface area contributed by atoms with Crippen molar-refractivity contribution in [3.8, 4) is 26.9 Å². The smallest absolute Gasteiger partial charge is 0.218 e. The summed E-state index contributed by atoms with van der Waals surface area (Å²) in [6.45, 7) is 0.956. The van der Waals surface area contributed by atoms with E-state index in [2.05, 4.69) is 25.9 Å². The van der Waals surface area contributed by atoms with E-state index >= 15 is 0 Å². The van der Waals surface area contributed by atoms with Crippen LogP contribution in [0.25, 0.3) is 21.1 Å². The number of hydrogen-bond donors (Lipinski definition) is 3. The van der Waals surface area contributed by atoms with Crippen molar-refractivity contribution in [3.63, 3.8) is 0 Å². The minimum atomic E-state index is -3.35. The van der Waals surface area contributed by atoms with Gasteiger partial charge in [0.25, 0.3) is 0 Å². The topological polar surface area (TPSA) is 124 Å². The van der Waals surface area contributed by atoms with Gasteiger partial charge in [0.05, 0.1) is 10.6 Å². The predicted molar refractivity (Wildman–Crippen MR) is 137 cm³/mol. The third kappa shape index (κ3) is 5.18. The highest BCUT2D eigenvalue weighted by Gasteiger charge is 2.28. The minimum absolute atomic E-state index is 0.0223. The summed E-state index contributed by atoms with van der Waals surface area (Å²) in [5, 5.41) is 27.8. The number of tetrazole rings is 1. The molecule has 9 nitrogen and oxygen atoms in total. The molecule has 0 aliphatic carbocycles. The molecule has 1 aliphatic heterocycles. The van der Waals surface area contributed by atoms with Gasteiger partial charge in [0.2, 0.25) is 10.0 Å². The van der Waals surface area contributed by atoms with Crippen molar-refractivity contribution in [2.45, 2.75) is 24.6 Å². The van der Waals surface area contributed by atoms with Crippen molar-refractivity contribution >= 4 is 38.6 Å². The number of hydrogen-bond acceptors (Lipinski definition) is 8. The van der Waals surface area contributed by atoms with Crippen LogP contribution in [-0.4, -0.2) is 57.6 Å². The molecule has 3 N–H and O–H groups in total. The molecule has 1 aliphatic rings. The Balaban J connectivity index is 1.25. The normalized spacial score (nSPS) is 15.3. The second-order valence-electron chi connectivity index (χ2n) is 8.31. The van der Waals surface area contributed by atoms with Crippen LogP contribution in [0.4, 0.5) is 5.69 Å². The maximum atomic E-state index is 12.8. The number of nitrogens with zero attached hydrogens (tertiary/aromatic N) is 4. The molecule has 0 bridgehead atoms. The summed E-state index contributed by atoms with van der Waals surface area (Å²) < 4.78 is 27.2. The Hall–Kier alpha value is -2.99. The molecule has 182 valence electrons. The average Bonchev–Trinajstić information content (AvgIpc) is 3.49. The maximum Gasteiger partial charge on any atom is 0.218 e. The van der Waals surface area contributed by atoms with E-state index in [0.717, 1.165) is 16.8 Å². The Morgan fingerprint density at radius 2 is 1.89 bits per heavy atom. The van der Waals surface area contributed by atoms with Crippen molar-refractivity contribution in [1.82, 2.24) is 24.9 Å². The zero-order chi connectivity index (χ0) is 24.4. The Morgan fingerprint density at radius 1 is 1.11 bits per heavy atom. The van der Waals surface area contributed by atoms with Crippen molar-refractivity contribution in [2.24, 2.45) is 0 Å². The van der Waals surface area contributed by atoms with Crippen molar-refractivity contribution in [2.75, 3.05) is 18.4 Å². The molecule has 12 heteroatoms. The van der Waals surface area contributed by atoms with Crippen LogP contribution in [0.5, 0.6) is 5.75 Å². The zero-order valence-electron chi connectivity index (χ0n) is 18.6. The number of halogens is 1. The van der Waals surface area contributed by atoms with Crippen LogP contribution < -0.4 is 5.32 Å². The van der Waals surface area contributed by atoms with E-state index in [4.69, 9.17) is 11.6 Å². The van der Waals surface area contributed by atoms with Gasteiger partial charge in [-0.2, -0.15) is 0 Å². The van der Waals surface area contributed by atoms with Crippen LogP contribution in [0.2, 0.25) is 5.02 Å². The third-order valence-corrected chi connectivity index (χ3v) is 9.49. The lowest BCUT2D eigenvalue weighted by molar-refractivity contribution is 0.329. The number of rotatable bonds is 7. The standard InChI is InChI=1S/C23H23ClN6O3S2/c24-19-20(31)22(23-26-28-29-27-23)34-21(19)16-7-4-8-18(13-16)25-17-9-11-30(12-10-17)35(32,33)14-15-5-2-1-3-6-15/h1-8,13,17,25,31H,9-12,14H2,(H,26,27,28,29). The molecule has 0 unspecified atom stereocenters. The molecule has 2 aromatic heterocycles. The van der Waals surface area contributed by atoms with E-state index in [9.17, 15) is 13.5 Å². The molecular formula is C23H23ClN6O3S2. The summed E-state index contributed by atoms with van der Waals surface area (Å²) in [7, 11) is -3.35. The second-order valence-corrected chi connectivity index (χ2v) is 11.7. The fourth-order valence-corrected chi connectivity index (χ4v) is 7.10. The van der Waals surface area contributed by atoms with Crippen LogP contribution in [0.1, 0.15) is 18.4 Å². The first-order valence-corrected chi connectivity index (χ1v) is 13.8. The molecule has 1 fully saturated rings. The van der Waals surface area contributed by atoms with Gasteiger partial charge in [-0.25, -0.2) is 17.8 Å². The molecule has 0 spiro atoms. The van der Waals surface area contributed by atoms with Crippen LogP contribution >= 0.6 is 22.9 Å². The molecule has 0 amide bonds. The largest absolute Gasteiger partial charge is 0.505 e. The molecule has 35 heavy (non-hydrogen) atoms. The number of nitrogens with one attached hydrogen (secondary N) is 2. The van der Waals surface area contributed by atoms with E-state index in [1.54, 1.807) is 4.31 Å². The first-order valence-electron chi connectivity index (χ1n) is 11.0. The zero-order valence-corrected chi connectivity index (χ0v) is 20.9. The first-order chi connectivity index (χ1) is 16.9. The Labute approximate surface area is 211 Å². The molecule has 3 heterocycles. The van der Waals surface area contributed by atoms with E-state index < -0.39 is 10.0 Å². The number of aromatic amines is 1. The molecule has 2 aromatic carbocycles. The summed E-state index contributed by atoms with van der Waals surface area (Å²) in [6.07, 6.45) is 1.42. The van der Waals surface area contributed by atoms with Gasteiger partial charge in [0.1, 0.15) is 9.90 Å². The highest BCUT2D eigenvalue weighted by molar-refractivity contribution is 7.88. The van der Waals surface area contributed by atoms with Gasteiger partial charge in [0.15, 0.2) is 11.6 Å². The van der Waals surface area contributed by atoms with Gasteiger partial charge in [-0.15, -0.1) is 16.4 Å². The van der Waals surface area contributed by atoms with Crippen LogP contribution in [0, 0.1) is 0 Å². The summed E-state index contributed by atoms with van der Waals surface area (Å²) in [4.78, 5) is 1.18. The summed E-state index contributed by atoms with van der Waals surface area (Å²) >= 11 is 7.72. The number of aromatic nitrogens is 4. The average molecular weight is 531 g/mol. The van der Waals surface area contributed by atoms with Gasteiger partial charge in [-0.3, -0.25) is 0 Å². The van der Waals surface area contributed by atoms with E-state index in [1.807, 2.05) is 54.6 Å². The minimum Gasteiger partial charge on any atom is -0.505 e. The lowest BCUT2D eigenvalue weighted by atomic mass is 10.1. The van der Waals surface area contributed by atoms with Crippen LogP contribution in [0.3, 0.4) is 0 Å². The molecular weight excluding hydrogens is 508 g/mol. The number of piperidine rings is 1. The summed E-state index contributed by atoms with van der Waals surface area (Å²) in [6, 6.07) is 17.2. The van der Waals surface area contributed by atoms with Crippen molar-refractivity contribution in [3.05, 3.63) is 65.2 Å². The summed E-state index contributed by atoms with van der Waals surface area (Å²) in [5.74, 6) is 0.311. The number of sulfonamides is 1. The van der Waals surface area contributed by atoms with Gasteiger partial charge in [-0.1, -0.05) is 54.1 Å². The van der Waals surface area contributed by atoms with Gasteiger partial charge >= 0.3 is 0 Å². The Morgan fingerprint density at radius 3 is 2.60 bits per heavy atom. The van der Waals surface area contributed by atoms with Gasteiger partial charge in [-0.05, 0) is 46.5 Å². The molecule has 4 aromatic rings. The number of anilines is 1. The van der Waals surface area contributed by atoms with Crippen LogP contribution in [0.15, 0.2) is 54.6 Å². The molecule has 0 radical (unpaired) electrons. The summed E-state index contributed by atoms with van der Waals surface area (Å²) in [5.41, 5.74) is 2.55. The molecule has 1 saturated heterocycles. The molecule has 0 atom stereocenters. The quantitative estimate of drug-likeness (QED) is 0.324. The van der Waals surface area contributed by atoms with Gasteiger partial charge in [0, 0.05) is 24.8 Å². The second kappa shape index (κ2) is 9.94. The number of benzene rings is 2. The van der Waals surface area contributed by atoms with Crippen LogP contribution in [-0.2, 0) is 15.8 Å².